The molecule has 1 aromatic rings. The van der Waals surface area contributed by atoms with Gasteiger partial charge in [-0.25, -0.2) is 4.98 Å². The Morgan fingerprint density at radius 1 is 1.54 bits per heavy atom. The highest BCUT2D eigenvalue weighted by Crippen LogP contribution is 2.26. The summed E-state index contributed by atoms with van der Waals surface area (Å²) in [6, 6.07) is 0. The lowest BCUT2D eigenvalue weighted by molar-refractivity contribution is -0.137. The molecule has 1 aromatic heterocycles. The lowest BCUT2D eigenvalue weighted by Gasteiger charge is -2.02. The van der Waals surface area contributed by atoms with E-state index < -0.39 is 0 Å². The van der Waals surface area contributed by atoms with E-state index in [0.29, 0.717) is 6.61 Å². The molecule has 0 spiro atoms. The van der Waals surface area contributed by atoms with E-state index in [9.17, 15) is 4.79 Å². The Morgan fingerprint density at radius 3 is 3.08 bits per heavy atom. The van der Waals surface area contributed by atoms with E-state index in [2.05, 4.69) is 9.97 Å². The molecule has 0 amide bonds. The van der Waals surface area contributed by atoms with E-state index in [-0.39, 0.29) is 11.2 Å². The summed E-state index contributed by atoms with van der Waals surface area (Å²) in [6.07, 6.45) is 5.63. The number of hydrogen-bond donors (Lipinski definition) is 0. The van der Waals surface area contributed by atoms with E-state index in [1.807, 2.05) is 0 Å². The van der Waals surface area contributed by atoms with Crippen LogP contribution in [0.1, 0.15) is 6.42 Å². The van der Waals surface area contributed by atoms with Crippen molar-refractivity contribution in [3.8, 4) is 0 Å². The third kappa shape index (κ3) is 1.98. The number of hydrogen-bond acceptors (Lipinski definition) is 5. The highest BCUT2D eigenvalue weighted by atomic mass is 32.2. The maximum Gasteiger partial charge on any atom is 0.319 e. The molecule has 1 unspecified atom stereocenters. The average Bonchev–Trinajstić information content (AvgIpc) is 2.54. The minimum Gasteiger partial charge on any atom is -0.465 e. The fourth-order valence-electron chi connectivity index (χ4n) is 1.08. The van der Waals surface area contributed by atoms with E-state index in [1.54, 1.807) is 18.6 Å². The van der Waals surface area contributed by atoms with Crippen LogP contribution >= 0.6 is 11.8 Å². The van der Waals surface area contributed by atoms with Crippen LogP contribution in [0.4, 0.5) is 0 Å². The summed E-state index contributed by atoms with van der Waals surface area (Å²) in [7, 11) is 0. The molecule has 2 heterocycles. The fourth-order valence-corrected chi connectivity index (χ4v) is 1.99. The Kier molecular flexibility index (Phi) is 2.44. The van der Waals surface area contributed by atoms with Gasteiger partial charge in [-0.05, 0) is 0 Å². The molecule has 68 valence electrons. The number of cyclic esters (lactones) is 1. The highest BCUT2D eigenvalue weighted by molar-refractivity contribution is 8.00. The predicted molar refractivity (Wildman–Crippen MR) is 47.3 cm³/mol. The number of thioether (sulfide) groups is 1. The zero-order valence-corrected chi connectivity index (χ0v) is 7.66. The van der Waals surface area contributed by atoms with Gasteiger partial charge in [0.1, 0.15) is 10.3 Å². The molecule has 0 aromatic carbocycles. The number of ether oxygens (including phenoxy) is 1. The number of aromatic nitrogens is 2. The summed E-state index contributed by atoms with van der Waals surface area (Å²) in [4.78, 5) is 19.1. The summed E-state index contributed by atoms with van der Waals surface area (Å²) in [5.41, 5.74) is 0. The van der Waals surface area contributed by atoms with Gasteiger partial charge in [0.05, 0.1) is 12.8 Å². The van der Waals surface area contributed by atoms with Gasteiger partial charge in [0.15, 0.2) is 0 Å². The highest BCUT2D eigenvalue weighted by Gasteiger charge is 2.27. The van der Waals surface area contributed by atoms with Crippen LogP contribution in [0.5, 0.6) is 0 Å². The molecule has 1 aliphatic heterocycles. The quantitative estimate of drug-likeness (QED) is 0.657. The Bertz CT molecular complexity index is 304. The van der Waals surface area contributed by atoms with Crippen LogP contribution in [0.25, 0.3) is 0 Å². The van der Waals surface area contributed by atoms with E-state index in [4.69, 9.17) is 4.74 Å². The standard InChI is InChI=1S/C8H8N2O2S/c11-8-6(1-4-12-8)13-7-5-9-2-3-10-7/h2-3,5-6H,1,4H2. The van der Waals surface area contributed by atoms with Crippen LogP contribution in [0.3, 0.4) is 0 Å². The molecule has 0 aliphatic carbocycles. The van der Waals surface area contributed by atoms with Crippen LogP contribution in [0.2, 0.25) is 0 Å². The maximum atomic E-state index is 11.1. The van der Waals surface area contributed by atoms with Gasteiger partial charge in [-0.1, -0.05) is 11.8 Å². The second kappa shape index (κ2) is 3.74. The van der Waals surface area contributed by atoms with Crippen LogP contribution < -0.4 is 0 Å². The molecule has 0 bridgehead atoms. The van der Waals surface area contributed by atoms with Crippen LogP contribution in [0, 0.1) is 0 Å². The number of rotatable bonds is 2. The van der Waals surface area contributed by atoms with Gasteiger partial charge in [0.2, 0.25) is 0 Å². The van der Waals surface area contributed by atoms with Gasteiger partial charge >= 0.3 is 5.97 Å². The molecule has 0 radical (unpaired) electrons. The molecule has 5 heteroatoms. The molecular formula is C8H8N2O2S. The first-order valence-electron chi connectivity index (χ1n) is 3.95. The van der Waals surface area contributed by atoms with Gasteiger partial charge in [-0.15, -0.1) is 0 Å². The van der Waals surface area contributed by atoms with Gasteiger partial charge in [-0.3, -0.25) is 9.78 Å². The molecule has 1 atom stereocenters. The SMILES string of the molecule is O=C1OCCC1Sc1cnccn1. The molecule has 1 fully saturated rings. The molecular weight excluding hydrogens is 188 g/mol. The second-order valence-corrected chi connectivity index (χ2v) is 3.83. The van der Waals surface area contributed by atoms with Crippen molar-refractivity contribution in [2.24, 2.45) is 0 Å². The first-order valence-corrected chi connectivity index (χ1v) is 4.83. The van der Waals surface area contributed by atoms with Gasteiger partial charge in [-0.2, -0.15) is 0 Å². The number of carbonyl (C=O) groups excluding carboxylic acids is 1. The Hall–Kier alpha value is -1.10. The minimum atomic E-state index is -0.143. The summed E-state index contributed by atoms with van der Waals surface area (Å²) in [5.74, 6) is -0.143. The Labute approximate surface area is 79.7 Å². The normalized spacial score (nSPS) is 21.5. The number of nitrogens with zero attached hydrogens (tertiary/aromatic N) is 2. The van der Waals surface area contributed by atoms with Crippen LogP contribution in [0.15, 0.2) is 23.6 Å². The van der Waals surface area contributed by atoms with Crippen molar-refractivity contribution >= 4 is 17.7 Å². The minimum absolute atomic E-state index is 0.100. The Morgan fingerprint density at radius 2 is 2.46 bits per heavy atom. The molecule has 0 N–H and O–H groups in total. The average molecular weight is 196 g/mol. The second-order valence-electron chi connectivity index (χ2n) is 2.61. The molecule has 2 rings (SSSR count). The molecule has 1 aliphatic rings. The molecule has 13 heavy (non-hydrogen) atoms. The topological polar surface area (TPSA) is 52.1 Å². The predicted octanol–water partition coefficient (Wildman–Crippen LogP) is 0.884. The summed E-state index contributed by atoms with van der Waals surface area (Å²) in [5, 5.41) is 0.669. The van der Waals surface area contributed by atoms with Crippen LogP contribution in [-0.4, -0.2) is 27.8 Å². The monoisotopic (exact) mass is 196 g/mol. The van der Waals surface area contributed by atoms with Gasteiger partial charge in [0, 0.05) is 18.8 Å². The van der Waals surface area contributed by atoms with Crippen molar-refractivity contribution < 1.29 is 9.53 Å². The van der Waals surface area contributed by atoms with Crippen molar-refractivity contribution in [1.29, 1.82) is 0 Å². The summed E-state index contributed by atoms with van der Waals surface area (Å²) < 4.78 is 4.83. The first-order chi connectivity index (χ1) is 6.36. The summed E-state index contributed by atoms with van der Waals surface area (Å²) >= 11 is 1.41. The molecule has 1 saturated heterocycles. The molecule has 0 saturated carbocycles. The number of esters is 1. The van der Waals surface area contributed by atoms with Crippen molar-refractivity contribution in [3.63, 3.8) is 0 Å². The van der Waals surface area contributed by atoms with E-state index in [1.165, 1.54) is 11.8 Å². The fraction of sp³-hybridized carbons (Fsp3) is 0.375. The lowest BCUT2D eigenvalue weighted by Crippen LogP contribution is -2.09. The van der Waals surface area contributed by atoms with Gasteiger partial charge in [0.25, 0.3) is 0 Å². The van der Waals surface area contributed by atoms with Crippen molar-refractivity contribution in [3.05, 3.63) is 18.6 Å². The van der Waals surface area contributed by atoms with Crippen molar-refractivity contribution in [2.45, 2.75) is 16.7 Å². The zero-order chi connectivity index (χ0) is 9.10. The maximum absolute atomic E-state index is 11.1. The van der Waals surface area contributed by atoms with Gasteiger partial charge < -0.3 is 4.74 Å². The first kappa shape index (κ1) is 8.50. The summed E-state index contributed by atoms with van der Waals surface area (Å²) in [6.45, 7) is 0.525. The lowest BCUT2D eigenvalue weighted by atomic mass is 10.4. The Balaban J connectivity index is 2.02. The number of carbonyl (C=O) groups is 1. The third-order valence-corrected chi connectivity index (χ3v) is 2.85. The van der Waals surface area contributed by atoms with Crippen LogP contribution in [-0.2, 0) is 9.53 Å². The van der Waals surface area contributed by atoms with E-state index in [0.717, 1.165) is 11.4 Å². The van der Waals surface area contributed by atoms with E-state index >= 15 is 0 Å². The van der Waals surface area contributed by atoms with Crippen molar-refractivity contribution in [1.82, 2.24) is 9.97 Å². The zero-order valence-electron chi connectivity index (χ0n) is 6.84. The smallest absolute Gasteiger partial charge is 0.319 e. The largest absolute Gasteiger partial charge is 0.465 e. The van der Waals surface area contributed by atoms with Crippen molar-refractivity contribution in [2.75, 3.05) is 6.61 Å². The third-order valence-electron chi connectivity index (χ3n) is 1.69. The molecule has 4 nitrogen and oxygen atoms in total.